The van der Waals surface area contributed by atoms with E-state index in [2.05, 4.69) is 15.3 Å². The maximum absolute atomic E-state index is 12.6. The van der Waals surface area contributed by atoms with Crippen molar-refractivity contribution in [2.24, 2.45) is 0 Å². The first-order chi connectivity index (χ1) is 11.1. The molecule has 1 aromatic carbocycles. The monoisotopic (exact) mass is 310 g/mol. The molecule has 1 unspecified atom stereocenters. The SMILES string of the molecule is CC(=O)NC1CCN(C(=O)c2cccc(-c3ncccn3)c2)C1. The zero-order chi connectivity index (χ0) is 16.2. The third-order valence-electron chi connectivity index (χ3n) is 3.82. The van der Waals surface area contributed by atoms with Gasteiger partial charge in [0.25, 0.3) is 5.91 Å². The summed E-state index contributed by atoms with van der Waals surface area (Å²) in [5.41, 5.74) is 1.42. The van der Waals surface area contributed by atoms with Crippen LogP contribution in [0.4, 0.5) is 0 Å². The topological polar surface area (TPSA) is 75.2 Å². The van der Waals surface area contributed by atoms with Crippen molar-refractivity contribution in [3.05, 3.63) is 48.3 Å². The second-order valence-electron chi connectivity index (χ2n) is 5.59. The fraction of sp³-hybridized carbons (Fsp3) is 0.294. The molecule has 1 N–H and O–H groups in total. The molecule has 0 radical (unpaired) electrons. The molecule has 2 aromatic rings. The average Bonchev–Trinajstić information content (AvgIpc) is 3.03. The van der Waals surface area contributed by atoms with Crippen LogP contribution in [-0.4, -0.2) is 45.8 Å². The zero-order valence-electron chi connectivity index (χ0n) is 12.9. The molecule has 3 rings (SSSR count). The Labute approximate surface area is 134 Å². The Morgan fingerprint density at radius 1 is 1.22 bits per heavy atom. The highest BCUT2D eigenvalue weighted by molar-refractivity contribution is 5.95. The van der Waals surface area contributed by atoms with Gasteiger partial charge >= 0.3 is 0 Å². The van der Waals surface area contributed by atoms with Crippen molar-refractivity contribution >= 4 is 11.8 Å². The van der Waals surface area contributed by atoms with Gasteiger partial charge in [0.05, 0.1) is 0 Å². The second-order valence-corrected chi connectivity index (χ2v) is 5.59. The normalized spacial score (nSPS) is 17.1. The number of nitrogens with zero attached hydrogens (tertiary/aromatic N) is 3. The summed E-state index contributed by atoms with van der Waals surface area (Å²) in [7, 11) is 0. The van der Waals surface area contributed by atoms with Crippen LogP contribution in [0.15, 0.2) is 42.7 Å². The van der Waals surface area contributed by atoms with Crippen molar-refractivity contribution in [3.8, 4) is 11.4 Å². The van der Waals surface area contributed by atoms with E-state index in [4.69, 9.17) is 0 Å². The summed E-state index contributed by atoms with van der Waals surface area (Å²) in [4.78, 5) is 33.9. The number of benzene rings is 1. The second kappa shape index (κ2) is 6.56. The number of carbonyl (C=O) groups is 2. The summed E-state index contributed by atoms with van der Waals surface area (Å²) in [6.07, 6.45) is 4.14. The summed E-state index contributed by atoms with van der Waals surface area (Å²) in [5.74, 6) is 0.503. The van der Waals surface area contributed by atoms with Crippen molar-refractivity contribution in [2.75, 3.05) is 13.1 Å². The van der Waals surface area contributed by atoms with Gasteiger partial charge in [-0.3, -0.25) is 9.59 Å². The summed E-state index contributed by atoms with van der Waals surface area (Å²) >= 11 is 0. The Hall–Kier alpha value is -2.76. The molecule has 118 valence electrons. The Bertz CT molecular complexity index is 718. The van der Waals surface area contributed by atoms with Crippen LogP contribution in [-0.2, 0) is 4.79 Å². The lowest BCUT2D eigenvalue weighted by Gasteiger charge is -2.17. The predicted octanol–water partition coefficient (Wildman–Crippen LogP) is 1.49. The van der Waals surface area contributed by atoms with Crippen LogP contribution in [0.5, 0.6) is 0 Å². The summed E-state index contributed by atoms with van der Waals surface area (Å²) in [6.45, 7) is 2.69. The van der Waals surface area contributed by atoms with Gasteiger partial charge in [0.15, 0.2) is 5.82 Å². The molecule has 2 amide bonds. The van der Waals surface area contributed by atoms with E-state index in [0.29, 0.717) is 24.5 Å². The van der Waals surface area contributed by atoms with E-state index in [1.54, 1.807) is 29.4 Å². The summed E-state index contributed by atoms with van der Waals surface area (Å²) < 4.78 is 0. The van der Waals surface area contributed by atoms with Crippen LogP contribution < -0.4 is 5.32 Å². The minimum absolute atomic E-state index is 0.0318. The Morgan fingerprint density at radius 2 is 2.00 bits per heavy atom. The van der Waals surface area contributed by atoms with Crippen molar-refractivity contribution in [1.29, 1.82) is 0 Å². The van der Waals surface area contributed by atoms with Gasteiger partial charge in [-0.05, 0) is 24.6 Å². The fourth-order valence-electron chi connectivity index (χ4n) is 2.77. The van der Waals surface area contributed by atoms with Gasteiger partial charge in [-0.15, -0.1) is 0 Å². The number of aromatic nitrogens is 2. The average molecular weight is 310 g/mol. The standard InChI is InChI=1S/C17H18N4O2/c1-12(22)20-15-6-9-21(11-15)17(23)14-5-2-4-13(10-14)16-18-7-3-8-19-16/h2-5,7-8,10,15H,6,9,11H2,1H3,(H,20,22). The Morgan fingerprint density at radius 3 is 2.74 bits per heavy atom. The molecule has 0 bridgehead atoms. The largest absolute Gasteiger partial charge is 0.352 e. The van der Waals surface area contributed by atoms with Crippen LogP contribution in [0.2, 0.25) is 0 Å². The summed E-state index contributed by atoms with van der Waals surface area (Å²) in [6, 6.07) is 9.11. The Balaban J connectivity index is 1.75. The van der Waals surface area contributed by atoms with Crippen molar-refractivity contribution in [2.45, 2.75) is 19.4 Å². The Kier molecular flexibility index (Phi) is 4.32. The molecule has 0 saturated carbocycles. The molecule has 1 fully saturated rings. The van der Waals surface area contributed by atoms with Crippen molar-refractivity contribution < 1.29 is 9.59 Å². The quantitative estimate of drug-likeness (QED) is 0.932. The smallest absolute Gasteiger partial charge is 0.253 e. The van der Waals surface area contributed by atoms with E-state index < -0.39 is 0 Å². The highest BCUT2D eigenvalue weighted by Crippen LogP contribution is 2.19. The van der Waals surface area contributed by atoms with Gasteiger partial charge in [-0.25, -0.2) is 9.97 Å². The lowest BCUT2D eigenvalue weighted by atomic mass is 10.1. The van der Waals surface area contributed by atoms with Gasteiger partial charge in [0.2, 0.25) is 5.91 Å². The first kappa shape index (κ1) is 15.1. The van der Waals surface area contributed by atoms with Crippen molar-refractivity contribution in [1.82, 2.24) is 20.2 Å². The minimum atomic E-state index is -0.0625. The molecule has 23 heavy (non-hydrogen) atoms. The lowest BCUT2D eigenvalue weighted by Crippen LogP contribution is -2.37. The fourth-order valence-corrected chi connectivity index (χ4v) is 2.77. The third-order valence-corrected chi connectivity index (χ3v) is 3.82. The van der Waals surface area contributed by atoms with E-state index in [-0.39, 0.29) is 17.9 Å². The van der Waals surface area contributed by atoms with E-state index >= 15 is 0 Å². The molecule has 0 spiro atoms. The van der Waals surface area contributed by atoms with Gasteiger partial charge in [0, 0.05) is 49.6 Å². The van der Waals surface area contributed by atoms with Crippen molar-refractivity contribution in [3.63, 3.8) is 0 Å². The molecule has 6 nitrogen and oxygen atoms in total. The maximum Gasteiger partial charge on any atom is 0.253 e. The predicted molar refractivity (Wildman–Crippen MR) is 85.6 cm³/mol. The maximum atomic E-state index is 12.6. The molecule has 2 heterocycles. The molecule has 0 aliphatic carbocycles. The number of rotatable bonds is 3. The molecule has 1 atom stereocenters. The number of hydrogen-bond acceptors (Lipinski definition) is 4. The lowest BCUT2D eigenvalue weighted by molar-refractivity contribution is -0.119. The number of likely N-dealkylation sites (tertiary alicyclic amines) is 1. The summed E-state index contributed by atoms with van der Waals surface area (Å²) in [5, 5.41) is 2.86. The van der Waals surface area contributed by atoms with Crippen LogP contribution in [0.3, 0.4) is 0 Å². The van der Waals surface area contributed by atoms with E-state index in [1.807, 2.05) is 18.2 Å². The minimum Gasteiger partial charge on any atom is -0.352 e. The van der Waals surface area contributed by atoms with Gasteiger partial charge in [0.1, 0.15) is 0 Å². The highest BCUT2D eigenvalue weighted by atomic mass is 16.2. The zero-order valence-corrected chi connectivity index (χ0v) is 12.9. The molecule has 6 heteroatoms. The molecular weight excluding hydrogens is 292 g/mol. The van der Waals surface area contributed by atoms with Gasteiger partial charge in [-0.1, -0.05) is 12.1 Å². The number of nitrogens with one attached hydrogen (secondary N) is 1. The first-order valence-corrected chi connectivity index (χ1v) is 7.57. The first-order valence-electron chi connectivity index (χ1n) is 7.57. The van der Waals surface area contributed by atoms with Gasteiger partial charge in [-0.2, -0.15) is 0 Å². The van der Waals surface area contributed by atoms with E-state index in [1.165, 1.54) is 6.92 Å². The van der Waals surface area contributed by atoms with Crippen LogP contribution in [0.1, 0.15) is 23.7 Å². The molecule has 1 saturated heterocycles. The number of amides is 2. The van der Waals surface area contributed by atoms with Gasteiger partial charge < -0.3 is 10.2 Å². The van der Waals surface area contributed by atoms with E-state index in [9.17, 15) is 9.59 Å². The third kappa shape index (κ3) is 3.53. The number of carbonyl (C=O) groups excluding carboxylic acids is 2. The van der Waals surface area contributed by atoms with Crippen LogP contribution >= 0.6 is 0 Å². The highest BCUT2D eigenvalue weighted by Gasteiger charge is 2.27. The molecule has 1 aliphatic rings. The number of hydrogen-bond donors (Lipinski definition) is 1. The van der Waals surface area contributed by atoms with Crippen LogP contribution in [0, 0.1) is 0 Å². The van der Waals surface area contributed by atoms with E-state index in [0.717, 1.165) is 12.0 Å². The van der Waals surface area contributed by atoms with Crippen LogP contribution in [0.25, 0.3) is 11.4 Å². The molecule has 1 aromatic heterocycles. The molecule has 1 aliphatic heterocycles. The molecular formula is C17H18N4O2.